The second-order valence-electron chi connectivity index (χ2n) is 2.75. The molecule has 0 fully saturated rings. The molecule has 0 atom stereocenters. The molecule has 2 rings (SSSR count). The van der Waals surface area contributed by atoms with Gasteiger partial charge in [0.15, 0.2) is 5.82 Å². The molecule has 15 heavy (non-hydrogen) atoms. The molecule has 0 amide bonds. The first-order chi connectivity index (χ1) is 7.16. The Kier molecular flexibility index (Phi) is 2.34. The van der Waals surface area contributed by atoms with Gasteiger partial charge in [-0.3, -0.25) is 10.1 Å². The standard InChI is InChI=1S/C8H5ClN4O2/c9-8-10-7(11-12-8)5-1-3-6(4-2-5)13(14)15/h1-4H,(H,10,11,12). The van der Waals surface area contributed by atoms with Gasteiger partial charge in [-0.25, -0.2) is 5.10 Å². The molecule has 0 saturated carbocycles. The van der Waals surface area contributed by atoms with Crippen molar-refractivity contribution < 1.29 is 4.92 Å². The third-order valence-electron chi connectivity index (χ3n) is 1.79. The van der Waals surface area contributed by atoms with Gasteiger partial charge in [-0.05, 0) is 23.7 Å². The zero-order valence-corrected chi connectivity index (χ0v) is 8.10. The quantitative estimate of drug-likeness (QED) is 0.625. The first-order valence-corrected chi connectivity index (χ1v) is 4.37. The number of nitro groups is 1. The van der Waals surface area contributed by atoms with E-state index in [0.717, 1.165) is 0 Å². The van der Waals surface area contributed by atoms with Crippen molar-refractivity contribution in [3.05, 3.63) is 39.7 Å². The number of nitrogens with one attached hydrogen (secondary N) is 1. The van der Waals surface area contributed by atoms with Crippen LogP contribution in [0.4, 0.5) is 5.69 Å². The van der Waals surface area contributed by atoms with Crippen molar-refractivity contribution in [1.29, 1.82) is 0 Å². The van der Waals surface area contributed by atoms with Crippen LogP contribution < -0.4 is 0 Å². The number of rotatable bonds is 2. The fraction of sp³-hybridized carbons (Fsp3) is 0. The molecule has 1 aromatic heterocycles. The van der Waals surface area contributed by atoms with Crippen LogP contribution in [0.3, 0.4) is 0 Å². The van der Waals surface area contributed by atoms with E-state index < -0.39 is 4.92 Å². The monoisotopic (exact) mass is 224 g/mol. The number of H-pyrrole nitrogens is 1. The summed E-state index contributed by atoms with van der Waals surface area (Å²) in [5, 5.41) is 16.9. The van der Waals surface area contributed by atoms with Gasteiger partial charge in [0.25, 0.3) is 5.69 Å². The van der Waals surface area contributed by atoms with E-state index >= 15 is 0 Å². The summed E-state index contributed by atoms with van der Waals surface area (Å²) in [6.45, 7) is 0. The average molecular weight is 225 g/mol. The molecule has 0 aliphatic rings. The van der Waals surface area contributed by atoms with Crippen LogP contribution in [0, 0.1) is 10.1 Å². The maximum Gasteiger partial charge on any atom is 0.269 e. The second-order valence-corrected chi connectivity index (χ2v) is 3.11. The Bertz CT molecular complexity index is 494. The van der Waals surface area contributed by atoms with E-state index in [1.54, 1.807) is 12.1 Å². The fourth-order valence-electron chi connectivity index (χ4n) is 1.10. The van der Waals surface area contributed by atoms with Gasteiger partial charge in [-0.2, -0.15) is 10.1 Å². The van der Waals surface area contributed by atoms with E-state index in [0.29, 0.717) is 11.4 Å². The number of halogens is 1. The van der Waals surface area contributed by atoms with Crippen LogP contribution in [-0.4, -0.2) is 20.1 Å². The summed E-state index contributed by atoms with van der Waals surface area (Å²) >= 11 is 5.55. The van der Waals surface area contributed by atoms with Gasteiger partial charge in [0, 0.05) is 17.7 Å². The minimum Gasteiger partial charge on any atom is -0.258 e. The Balaban J connectivity index is 2.35. The van der Waals surface area contributed by atoms with Gasteiger partial charge in [0.2, 0.25) is 5.28 Å². The van der Waals surface area contributed by atoms with E-state index in [-0.39, 0.29) is 11.0 Å². The number of benzene rings is 1. The number of non-ortho nitro benzene ring substituents is 1. The van der Waals surface area contributed by atoms with E-state index in [1.807, 2.05) is 0 Å². The van der Waals surface area contributed by atoms with Crippen molar-refractivity contribution in [3.63, 3.8) is 0 Å². The van der Waals surface area contributed by atoms with Crippen LogP contribution in [0.5, 0.6) is 0 Å². The van der Waals surface area contributed by atoms with Gasteiger partial charge in [-0.1, -0.05) is 0 Å². The van der Waals surface area contributed by atoms with Crippen LogP contribution in [0.2, 0.25) is 5.28 Å². The van der Waals surface area contributed by atoms with Crippen molar-refractivity contribution in [2.45, 2.75) is 0 Å². The van der Waals surface area contributed by atoms with Gasteiger partial charge >= 0.3 is 0 Å². The molecule has 0 radical (unpaired) electrons. The first-order valence-electron chi connectivity index (χ1n) is 3.99. The summed E-state index contributed by atoms with van der Waals surface area (Å²) in [6, 6.07) is 5.91. The summed E-state index contributed by atoms with van der Waals surface area (Å²) in [5.74, 6) is 0.412. The van der Waals surface area contributed by atoms with E-state index in [2.05, 4.69) is 15.2 Å². The molecule has 1 N–H and O–H groups in total. The zero-order chi connectivity index (χ0) is 10.8. The predicted molar refractivity (Wildman–Crippen MR) is 53.5 cm³/mol. The third kappa shape index (κ3) is 1.94. The molecular weight excluding hydrogens is 220 g/mol. The Labute approximate surface area is 89.1 Å². The van der Waals surface area contributed by atoms with Crippen LogP contribution in [0.1, 0.15) is 0 Å². The summed E-state index contributed by atoms with van der Waals surface area (Å²) in [4.78, 5) is 13.8. The second kappa shape index (κ2) is 3.66. The Morgan fingerprint density at radius 1 is 1.33 bits per heavy atom. The molecule has 0 bridgehead atoms. The fourth-order valence-corrected chi connectivity index (χ4v) is 1.23. The Hall–Kier alpha value is -1.95. The lowest BCUT2D eigenvalue weighted by atomic mass is 10.2. The minimum absolute atomic E-state index is 0.0281. The maximum absolute atomic E-state index is 10.4. The van der Waals surface area contributed by atoms with Gasteiger partial charge in [0.1, 0.15) is 0 Å². The summed E-state index contributed by atoms with van der Waals surface area (Å²) < 4.78 is 0. The molecule has 1 aromatic carbocycles. The molecule has 76 valence electrons. The highest BCUT2D eigenvalue weighted by Gasteiger charge is 2.07. The number of aromatic amines is 1. The van der Waals surface area contributed by atoms with Crippen molar-refractivity contribution in [1.82, 2.24) is 15.2 Å². The average Bonchev–Trinajstić information content (AvgIpc) is 2.65. The SMILES string of the molecule is O=[N+]([O-])c1ccc(-c2n[nH]c(Cl)n2)cc1. The predicted octanol–water partition coefficient (Wildman–Crippen LogP) is 2.03. The van der Waals surface area contributed by atoms with Gasteiger partial charge in [0.05, 0.1) is 4.92 Å². The van der Waals surface area contributed by atoms with Crippen molar-refractivity contribution >= 4 is 17.3 Å². The summed E-state index contributed by atoms with van der Waals surface area (Å²) in [6.07, 6.45) is 0. The van der Waals surface area contributed by atoms with Crippen LogP contribution in [-0.2, 0) is 0 Å². The minimum atomic E-state index is -0.464. The highest BCUT2D eigenvalue weighted by atomic mass is 35.5. The van der Waals surface area contributed by atoms with Crippen LogP contribution in [0.15, 0.2) is 24.3 Å². The third-order valence-corrected chi connectivity index (χ3v) is 1.96. The molecular formula is C8H5ClN4O2. The molecule has 7 heteroatoms. The lowest BCUT2D eigenvalue weighted by Gasteiger charge is -1.93. The normalized spacial score (nSPS) is 10.2. The number of nitrogens with zero attached hydrogens (tertiary/aromatic N) is 3. The molecule has 0 aliphatic carbocycles. The Morgan fingerprint density at radius 2 is 2.00 bits per heavy atom. The summed E-state index contributed by atoms with van der Waals surface area (Å²) in [7, 11) is 0. The van der Waals surface area contributed by atoms with Gasteiger partial charge in [-0.15, -0.1) is 0 Å². The topological polar surface area (TPSA) is 84.7 Å². The van der Waals surface area contributed by atoms with E-state index in [9.17, 15) is 10.1 Å². The Morgan fingerprint density at radius 3 is 2.47 bits per heavy atom. The number of aromatic nitrogens is 3. The summed E-state index contributed by atoms with van der Waals surface area (Å²) in [5.41, 5.74) is 0.698. The van der Waals surface area contributed by atoms with Crippen LogP contribution in [0.25, 0.3) is 11.4 Å². The van der Waals surface area contributed by atoms with Crippen molar-refractivity contribution in [2.24, 2.45) is 0 Å². The number of hydrogen-bond acceptors (Lipinski definition) is 4. The molecule has 0 spiro atoms. The largest absolute Gasteiger partial charge is 0.269 e. The number of hydrogen-bond donors (Lipinski definition) is 1. The first kappa shape index (κ1) is 9.60. The lowest BCUT2D eigenvalue weighted by molar-refractivity contribution is -0.384. The smallest absolute Gasteiger partial charge is 0.258 e. The number of nitro benzene ring substituents is 1. The van der Waals surface area contributed by atoms with Gasteiger partial charge < -0.3 is 0 Å². The molecule has 2 aromatic rings. The molecule has 0 saturated heterocycles. The van der Waals surface area contributed by atoms with Crippen molar-refractivity contribution in [2.75, 3.05) is 0 Å². The lowest BCUT2D eigenvalue weighted by Crippen LogP contribution is -1.87. The van der Waals surface area contributed by atoms with E-state index in [1.165, 1.54) is 12.1 Å². The highest BCUT2D eigenvalue weighted by Crippen LogP contribution is 2.19. The maximum atomic E-state index is 10.4. The van der Waals surface area contributed by atoms with Crippen LogP contribution >= 0.6 is 11.6 Å². The van der Waals surface area contributed by atoms with E-state index in [4.69, 9.17) is 11.6 Å². The molecule has 0 aliphatic heterocycles. The molecule has 6 nitrogen and oxygen atoms in total. The van der Waals surface area contributed by atoms with Crippen molar-refractivity contribution in [3.8, 4) is 11.4 Å². The molecule has 1 heterocycles. The highest BCUT2D eigenvalue weighted by molar-refractivity contribution is 6.28. The molecule has 0 unspecified atom stereocenters. The zero-order valence-electron chi connectivity index (χ0n) is 7.35.